The van der Waals surface area contributed by atoms with Gasteiger partial charge in [-0.1, -0.05) is 0 Å². The molecule has 1 aromatic rings. The van der Waals surface area contributed by atoms with E-state index < -0.39 is 0 Å². The minimum atomic E-state index is 0.327. The molecule has 0 aliphatic carbocycles. The van der Waals surface area contributed by atoms with Crippen LogP contribution in [0.5, 0.6) is 0 Å². The lowest BCUT2D eigenvalue weighted by molar-refractivity contribution is 0.501. The van der Waals surface area contributed by atoms with Gasteiger partial charge >= 0.3 is 0 Å². The lowest BCUT2D eigenvalue weighted by Crippen LogP contribution is -2.39. The summed E-state index contributed by atoms with van der Waals surface area (Å²) in [5, 5.41) is 8.77. The average Bonchev–Trinajstić information content (AvgIpc) is 2.30. The van der Waals surface area contributed by atoms with Crippen LogP contribution in [0.15, 0.2) is 18.5 Å². The zero-order chi connectivity index (χ0) is 10.7. The Labute approximate surface area is 89.3 Å². The number of anilines is 1. The first-order valence-corrected chi connectivity index (χ1v) is 5.15. The molecule has 4 nitrogen and oxygen atoms in total. The van der Waals surface area contributed by atoms with E-state index in [9.17, 15) is 0 Å². The van der Waals surface area contributed by atoms with Crippen molar-refractivity contribution in [3.05, 3.63) is 24.0 Å². The minimum Gasteiger partial charge on any atom is -0.370 e. The van der Waals surface area contributed by atoms with E-state index in [1.54, 1.807) is 12.4 Å². The maximum Gasteiger partial charge on any atom is 0.101 e. The first-order chi connectivity index (χ1) is 7.29. The molecule has 0 aromatic carbocycles. The second-order valence-electron chi connectivity index (χ2n) is 3.87. The summed E-state index contributed by atoms with van der Waals surface area (Å²) in [5.41, 5.74) is 7.48. The predicted octanol–water partition coefficient (Wildman–Crippen LogP) is 0.881. The SMILES string of the molecule is N#Cc1cncc(N2CCC(N)CC2)c1. The Morgan fingerprint density at radius 2 is 2.13 bits per heavy atom. The first-order valence-electron chi connectivity index (χ1n) is 5.15. The number of pyridine rings is 1. The van der Waals surface area contributed by atoms with Gasteiger partial charge in [0.05, 0.1) is 17.4 Å². The number of hydrogen-bond donors (Lipinski definition) is 1. The zero-order valence-corrected chi connectivity index (χ0v) is 8.56. The molecule has 0 atom stereocenters. The fraction of sp³-hybridized carbons (Fsp3) is 0.455. The smallest absolute Gasteiger partial charge is 0.101 e. The van der Waals surface area contributed by atoms with Crippen LogP contribution >= 0.6 is 0 Å². The molecule has 1 aromatic heterocycles. The summed E-state index contributed by atoms with van der Waals surface area (Å²) in [7, 11) is 0. The van der Waals surface area contributed by atoms with Crippen molar-refractivity contribution < 1.29 is 0 Å². The van der Waals surface area contributed by atoms with E-state index in [4.69, 9.17) is 11.0 Å². The highest BCUT2D eigenvalue weighted by molar-refractivity contribution is 5.49. The van der Waals surface area contributed by atoms with Gasteiger partial charge in [0, 0.05) is 25.3 Å². The number of hydrogen-bond acceptors (Lipinski definition) is 4. The Balaban J connectivity index is 2.12. The summed E-state index contributed by atoms with van der Waals surface area (Å²) in [6.45, 7) is 1.91. The molecule has 0 spiro atoms. The van der Waals surface area contributed by atoms with Gasteiger partial charge in [0.2, 0.25) is 0 Å². The maximum absolute atomic E-state index is 8.77. The lowest BCUT2D eigenvalue weighted by Gasteiger charge is -2.31. The van der Waals surface area contributed by atoms with Gasteiger partial charge in [0.25, 0.3) is 0 Å². The van der Waals surface area contributed by atoms with Crippen LogP contribution in [0.1, 0.15) is 18.4 Å². The summed E-state index contributed by atoms with van der Waals surface area (Å²) >= 11 is 0. The molecule has 2 rings (SSSR count). The maximum atomic E-state index is 8.77. The quantitative estimate of drug-likeness (QED) is 0.734. The van der Waals surface area contributed by atoms with Crippen molar-refractivity contribution in [2.45, 2.75) is 18.9 Å². The van der Waals surface area contributed by atoms with E-state index >= 15 is 0 Å². The Morgan fingerprint density at radius 1 is 1.40 bits per heavy atom. The molecule has 4 heteroatoms. The van der Waals surface area contributed by atoms with E-state index in [0.29, 0.717) is 11.6 Å². The van der Waals surface area contributed by atoms with Crippen LogP contribution in [-0.2, 0) is 0 Å². The fourth-order valence-corrected chi connectivity index (χ4v) is 1.82. The monoisotopic (exact) mass is 202 g/mol. The Bertz CT molecular complexity index is 374. The molecule has 78 valence electrons. The largest absolute Gasteiger partial charge is 0.370 e. The fourth-order valence-electron chi connectivity index (χ4n) is 1.82. The van der Waals surface area contributed by atoms with Crippen LogP contribution in [-0.4, -0.2) is 24.1 Å². The number of nitriles is 1. The lowest BCUT2D eigenvalue weighted by atomic mass is 10.1. The second kappa shape index (κ2) is 4.28. The molecular formula is C11H14N4. The van der Waals surface area contributed by atoms with Crippen LogP contribution < -0.4 is 10.6 Å². The standard InChI is InChI=1S/C11H14N4/c12-6-9-5-11(8-14-7-9)15-3-1-10(13)2-4-15/h5,7-8,10H,1-4,13H2. The third-order valence-electron chi connectivity index (χ3n) is 2.76. The van der Waals surface area contributed by atoms with E-state index in [-0.39, 0.29) is 0 Å². The predicted molar refractivity (Wildman–Crippen MR) is 58.4 cm³/mol. The number of aromatic nitrogens is 1. The Morgan fingerprint density at radius 3 is 2.80 bits per heavy atom. The highest BCUT2D eigenvalue weighted by Crippen LogP contribution is 2.19. The third-order valence-corrected chi connectivity index (χ3v) is 2.76. The van der Waals surface area contributed by atoms with Gasteiger partial charge in [-0.3, -0.25) is 4.98 Å². The minimum absolute atomic E-state index is 0.327. The van der Waals surface area contributed by atoms with E-state index in [1.807, 2.05) is 6.07 Å². The number of rotatable bonds is 1. The molecule has 0 bridgehead atoms. The Kier molecular flexibility index (Phi) is 2.84. The molecule has 0 radical (unpaired) electrons. The molecule has 0 amide bonds. The summed E-state index contributed by atoms with van der Waals surface area (Å²) < 4.78 is 0. The van der Waals surface area contributed by atoms with Gasteiger partial charge in [0.15, 0.2) is 0 Å². The summed E-state index contributed by atoms with van der Waals surface area (Å²) in [4.78, 5) is 6.29. The van der Waals surface area contributed by atoms with Gasteiger partial charge < -0.3 is 10.6 Å². The van der Waals surface area contributed by atoms with Crippen LogP contribution in [0.4, 0.5) is 5.69 Å². The van der Waals surface area contributed by atoms with Gasteiger partial charge in [-0.05, 0) is 18.9 Å². The molecule has 0 unspecified atom stereocenters. The van der Waals surface area contributed by atoms with Gasteiger partial charge in [-0.15, -0.1) is 0 Å². The van der Waals surface area contributed by atoms with Crippen LogP contribution in [0.25, 0.3) is 0 Å². The normalized spacial score (nSPS) is 17.5. The highest BCUT2D eigenvalue weighted by atomic mass is 15.1. The van der Waals surface area contributed by atoms with E-state index in [0.717, 1.165) is 31.6 Å². The number of nitrogens with zero attached hydrogens (tertiary/aromatic N) is 3. The molecular weight excluding hydrogens is 188 g/mol. The summed E-state index contributed by atoms with van der Waals surface area (Å²) in [6, 6.07) is 4.31. The molecule has 1 saturated heterocycles. The molecule has 1 aliphatic rings. The van der Waals surface area contributed by atoms with Crippen molar-refractivity contribution >= 4 is 5.69 Å². The van der Waals surface area contributed by atoms with Crippen LogP contribution in [0, 0.1) is 11.3 Å². The second-order valence-corrected chi connectivity index (χ2v) is 3.87. The third kappa shape index (κ3) is 2.25. The van der Waals surface area contributed by atoms with Crippen LogP contribution in [0.2, 0.25) is 0 Å². The topological polar surface area (TPSA) is 65.9 Å². The van der Waals surface area contributed by atoms with Gasteiger partial charge in [0.1, 0.15) is 6.07 Å². The van der Waals surface area contributed by atoms with Crippen molar-refractivity contribution in [1.29, 1.82) is 5.26 Å². The van der Waals surface area contributed by atoms with Crippen molar-refractivity contribution in [2.24, 2.45) is 5.73 Å². The van der Waals surface area contributed by atoms with Crippen molar-refractivity contribution in [3.63, 3.8) is 0 Å². The van der Waals surface area contributed by atoms with Gasteiger partial charge in [-0.2, -0.15) is 5.26 Å². The van der Waals surface area contributed by atoms with E-state index in [2.05, 4.69) is 16.0 Å². The molecule has 1 fully saturated rings. The molecule has 0 saturated carbocycles. The summed E-state index contributed by atoms with van der Waals surface area (Å²) in [6.07, 6.45) is 5.41. The van der Waals surface area contributed by atoms with Crippen molar-refractivity contribution in [3.8, 4) is 6.07 Å². The van der Waals surface area contributed by atoms with Crippen molar-refractivity contribution in [2.75, 3.05) is 18.0 Å². The van der Waals surface area contributed by atoms with Gasteiger partial charge in [-0.25, -0.2) is 0 Å². The van der Waals surface area contributed by atoms with Crippen LogP contribution in [0.3, 0.4) is 0 Å². The highest BCUT2D eigenvalue weighted by Gasteiger charge is 2.16. The Hall–Kier alpha value is -1.60. The first kappa shape index (κ1) is 9.94. The molecule has 15 heavy (non-hydrogen) atoms. The number of piperidine rings is 1. The molecule has 1 aliphatic heterocycles. The van der Waals surface area contributed by atoms with E-state index in [1.165, 1.54) is 0 Å². The number of nitrogens with two attached hydrogens (primary N) is 1. The average molecular weight is 202 g/mol. The van der Waals surface area contributed by atoms with Crippen molar-refractivity contribution in [1.82, 2.24) is 4.98 Å². The molecule has 2 heterocycles. The summed E-state index contributed by atoms with van der Waals surface area (Å²) in [5.74, 6) is 0. The zero-order valence-electron chi connectivity index (χ0n) is 8.56. The molecule has 2 N–H and O–H groups in total.